The monoisotopic (exact) mass is 278 g/mol. The first-order valence-electron chi connectivity index (χ1n) is 6.29. The molecule has 0 amide bonds. The zero-order valence-electron chi connectivity index (χ0n) is 9.93. The van der Waals surface area contributed by atoms with Crippen molar-refractivity contribution in [3.63, 3.8) is 0 Å². The maximum absolute atomic E-state index is 3.69. The lowest BCUT2D eigenvalue weighted by molar-refractivity contribution is 0.666. The van der Waals surface area contributed by atoms with E-state index in [2.05, 4.69) is 47.1 Å². The van der Waals surface area contributed by atoms with E-state index >= 15 is 0 Å². The van der Waals surface area contributed by atoms with Crippen LogP contribution in [0.5, 0.6) is 0 Å². The molecule has 0 unspecified atom stereocenters. The first-order valence-corrected chi connectivity index (χ1v) is 7.08. The van der Waals surface area contributed by atoms with Gasteiger partial charge >= 0.3 is 0 Å². The Morgan fingerprint density at radius 3 is 2.88 bits per heavy atom. The van der Waals surface area contributed by atoms with Crippen LogP contribution < -0.4 is 0 Å². The van der Waals surface area contributed by atoms with E-state index in [0.717, 1.165) is 6.42 Å². The Labute approximate surface area is 107 Å². The molecule has 0 saturated heterocycles. The van der Waals surface area contributed by atoms with Gasteiger partial charge in [0.1, 0.15) is 0 Å². The second kappa shape index (κ2) is 5.67. The van der Waals surface area contributed by atoms with E-state index in [9.17, 15) is 0 Å². The third kappa shape index (κ3) is 2.76. The summed E-state index contributed by atoms with van der Waals surface area (Å²) in [5.41, 5.74) is 4.36. The first-order chi connectivity index (χ1) is 7.81. The molecule has 1 aliphatic rings. The molecule has 16 heavy (non-hydrogen) atoms. The van der Waals surface area contributed by atoms with E-state index in [1.54, 1.807) is 0 Å². The molecule has 0 atom stereocenters. The quantitative estimate of drug-likeness (QED) is 0.654. The van der Waals surface area contributed by atoms with E-state index in [0.29, 0.717) is 0 Å². The number of fused-ring (bicyclic) bond motifs is 1. The van der Waals surface area contributed by atoms with E-state index in [1.807, 2.05) is 0 Å². The van der Waals surface area contributed by atoms with Crippen LogP contribution in [0.4, 0.5) is 0 Å². The molecule has 1 heteroatoms. The third-order valence-electron chi connectivity index (χ3n) is 3.24. The van der Waals surface area contributed by atoms with Crippen molar-refractivity contribution < 1.29 is 0 Å². The summed E-state index contributed by atoms with van der Waals surface area (Å²) in [6.45, 7) is 2.26. The van der Waals surface area contributed by atoms with Crippen molar-refractivity contribution >= 4 is 22.0 Å². The van der Waals surface area contributed by atoms with Gasteiger partial charge in [-0.1, -0.05) is 60.3 Å². The number of unbranched alkanes of at least 4 members (excludes halogenated alkanes) is 3. The maximum atomic E-state index is 3.69. The Morgan fingerprint density at radius 1 is 1.19 bits per heavy atom. The minimum atomic E-state index is 1.10. The summed E-state index contributed by atoms with van der Waals surface area (Å²) >= 11 is 3.69. The number of aryl methyl sites for hydroxylation is 1. The highest BCUT2D eigenvalue weighted by Gasteiger charge is 2.09. The predicted octanol–water partition coefficient (Wildman–Crippen LogP) is 5.14. The summed E-state index contributed by atoms with van der Waals surface area (Å²) < 4.78 is 1.30. The number of allylic oxidation sites excluding steroid dienone is 1. The van der Waals surface area contributed by atoms with E-state index in [4.69, 9.17) is 0 Å². The zero-order valence-corrected chi connectivity index (χ0v) is 11.5. The molecule has 1 aromatic rings. The van der Waals surface area contributed by atoms with Crippen LogP contribution in [0.15, 0.2) is 22.7 Å². The SMILES string of the molecule is CCCCCCc1cc2c(cc1Br)CC=C2. The molecule has 0 bridgehead atoms. The number of benzene rings is 1. The Hall–Kier alpha value is -0.560. The molecule has 0 aromatic heterocycles. The van der Waals surface area contributed by atoms with Crippen LogP contribution in [0.25, 0.3) is 6.08 Å². The Kier molecular flexibility index (Phi) is 4.22. The highest BCUT2D eigenvalue weighted by atomic mass is 79.9. The van der Waals surface area contributed by atoms with Crippen molar-refractivity contribution in [3.8, 4) is 0 Å². The average Bonchev–Trinajstić information content (AvgIpc) is 2.71. The molecule has 0 radical (unpaired) electrons. The van der Waals surface area contributed by atoms with Crippen LogP contribution in [0.1, 0.15) is 49.3 Å². The minimum absolute atomic E-state index is 1.10. The van der Waals surface area contributed by atoms with Crippen molar-refractivity contribution in [1.82, 2.24) is 0 Å². The lowest BCUT2D eigenvalue weighted by atomic mass is 10.0. The largest absolute Gasteiger partial charge is 0.0795 e. The average molecular weight is 279 g/mol. The molecule has 0 spiro atoms. The second-order valence-corrected chi connectivity index (χ2v) is 5.41. The molecule has 0 nitrogen and oxygen atoms in total. The Balaban J connectivity index is 2.01. The minimum Gasteiger partial charge on any atom is -0.0795 e. The standard InChI is InChI=1S/C15H19Br/c1-2-3-4-5-7-14-10-12-8-6-9-13(12)11-15(14)16/h6,8,10-11H,2-5,7,9H2,1H3. The molecular weight excluding hydrogens is 260 g/mol. The summed E-state index contributed by atoms with van der Waals surface area (Å²) in [6, 6.07) is 4.65. The molecule has 0 N–H and O–H groups in total. The highest BCUT2D eigenvalue weighted by molar-refractivity contribution is 9.10. The molecule has 86 valence electrons. The van der Waals surface area contributed by atoms with E-state index < -0.39 is 0 Å². The summed E-state index contributed by atoms with van der Waals surface area (Å²) in [5, 5.41) is 0. The summed E-state index contributed by atoms with van der Waals surface area (Å²) in [5.74, 6) is 0. The Morgan fingerprint density at radius 2 is 2.06 bits per heavy atom. The van der Waals surface area contributed by atoms with Crippen LogP contribution in [0.3, 0.4) is 0 Å². The summed E-state index contributed by atoms with van der Waals surface area (Å²) in [4.78, 5) is 0. The molecule has 1 aromatic carbocycles. The highest BCUT2D eigenvalue weighted by Crippen LogP contribution is 2.28. The van der Waals surface area contributed by atoms with Gasteiger partial charge in [-0.15, -0.1) is 0 Å². The van der Waals surface area contributed by atoms with Gasteiger partial charge in [0.15, 0.2) is 0 Å². The van der Waals surface area contributed by atoms with E-state index in [-0.39, 0.29) is 0 Å². The normalized spacial score (nSPS) is 13.1. The van der Waals surface area contributed by atoms with Crippen LogP contribution in [-0.2, 0) is 12.8 Å². The van der Waals surface area contributed by atoms with Gasteiger partial charge in [0.2, 0.25) is 0 Å². The van der Waals surface area contributed by atoms with Crippen molar-refractivity contribution in [2.75, 3.05) is 0 Å². The predicted molar refractivity (Wildman–Crippen MR) is 74.7 cm³/mol. The first kappa shape index (κ1) is 11.9. The second-order valence-electron chi connectivity index (χ2n) is 4.56. The fraction of sp³-hybridized carbons (Fsp3) is 0.467. The van der Waals surface area contributed by atoms with Gasteiger partial charge in [-0.05, 0) is 42.0 Å². The van der Waals surface area contributed by atoms with Crippen molar-refractivity contribution in [2.24, 2.45) is 0 Å². The molecule has 0 heterocycles. The summed E-state index contributed by atoms with van der Waals surface area (Å²) in [7, 11) is 0. The molecule has 0 aliphatic heterocycles. The van der Waals surface area contributed by atoms with Gasteiger partial charge < -0.3 is 0 Å². The van der Waals surface area contributed by atoms with E-state index in [1.165, 1.54) is 53.3 Å². The van der Waals surface area contributed by atoms with Crippen molar-refractivity contribution in [1.29, 1.82) is 0 Å². The van der Waals surface area contributed by atoms with Crippen molar-refractivity contribution in [2.45, 2.75) is 45.4 Å². The van der Waals surface area contributed by atoms with Crippen molar-refractivity contribution in [3.05, 3.63) is 39.4 Å². The maximum Gasteiger partial charge on any atom is 0.0210 e. The van der Waals surface area contributed by atoms with Crippen LogP contribution >= 0.6 is 15.9 Å². The van der Waals surface area contributed by atoms with Gasteiger partial charge in [0, 0.05) is 4.47 Å². The molecule has 1 aliphatic carbocycles. The fourth-order valence-corrected chi connectivity index (χ4v) is 2.85. The molecular formula is C15H19Br. The number of hydrogen-bond acceptors (Lipinski definition) is 0. The van der Waals surface area contributed by atoms with Crippen LogP contribution in [0.2, 0.25) is 0 Å². The third-order valence-corrected chi connectivity index (χ3v) is 3.98. The molecule has 0 saturated carbocycles. The van der Waals surface area contributed by atoms with Gasteiger partial charge in [0.05, 0.1) is 0 Å². The van der Waals surface area contributed by atoms with Gasteiger partial charge in [-0.2, -0.15) is 0 Å². The molecule has 0 fully saturated rings. The van der Waals surface area contributed by atoms with Crippen LogP contribution in [0, 0.1) is 0 Å². The van der Waals surface area contributed by atoms with Gasteiger partial charge in [0.25, 0.3) is 0 Å². The number of hydrogen-bond donors (Lipinski definition) is 0. The van der Waals surface area contributed by atoms with Crippen LogP contribution in [-0.4, -0.2) is 0 Å². The molecule has 2 rings (SSSR count). The fourth-order valence-electron chi connectivity index (χ4n) is 2.26. The lowest BCUT2D eigenvalue weighted by Gasteiger charge is -2.08. The topological polar surface area (TPSA) is 0 Å². The Bertz CT molecular complexity index is 391. The zero-order chi connectivity index (χ0) is 11.4. The van der Waals surface area contributed by atoms with Gasteiger partial charge in [-0.3, -0.25) is 0 Å². The smallest absolute Gasteiger partial charge is 0.0210 e. The summed E-state index contributed by atoms with van der Waals surface area (Å²) in [6.07, 6.45) is 12.2. The number of halogens is 1. The lowest BCUT2D eigenvalue weighted by Crippen LogP contribution is -1.91. The van der Waals surface area contributed by atoms with Gasteiger partial charge in [-0.25, -0.2) is 0 Å². The number of rotatable bonds is 5.